The van der Waals surface area contributed by atoms with Gasteiger partial charge in [0.25, 0.3) is 0 Å². The molecule has 8 heteroatoms. The second-order valence-corrected chi connectivity index (χ2v) is 7.79. The predicted octanol–water partition coefficient (Wildman–Crippen LogP) is 2.19. The minimum atomic E-state index is -4.05. The fraction of sp³-hybridized carbons (Fsp3) is 0.0625. The van der Waals surface area contributed by atoms with Crippen molar-refractivity contribution >= 4 is 43.2 Å². The molecule has 2 aromatic carbocycles. The molecule has 0 bridgehead atoms. The van der Waals surface area contributed by atoms with Gasteiger partial charge in [-0.15, -0.1) is 0 Å². The van der Waals surface area contributed by atoms with Crippen LogP contribution in [0.15, 0.2) is 57.9 Å². The van der Waals surface area contributed by atoms with Crippen LogP contribution in [0.1, 0.15) is 20.7 Å². The summed E-state index contributed by atoms with van der Waals surface area (Å²) in [6.07, 6.45) is 0. The largest absolute Gasteiger partial charge is 0.299 e. The van der Waals surface area contributed by atoms with E-state index < -0.39 is 33.3 Å². The van der Waals surface area contributed by atoms with Gasteiger partial charge in [-0.25, -0.2) is 8.42 Å². The molecule has 0 saturated carbocycles. The van der Waals surface area contributed by atoms with Gasteiger partial charge in [-0.3, -0.25) is 15.0 Å². The number of sulfonamides is 1. The summed E-state index contributed by atoms with van der Waals surface area (Å²) >= 11 is 3.21. The number of benzene rings is 2. The van der Waals surface area contributed by atoms with E-state index in [0.29, 0.717) is 4.47 Å². The number of ketones is 2. The number of rotatable bonds is 3. The molecule has 0 aliphatic heterocycles. The van der Waals surface area contributed by atoms with Gasteiger partial charge < -0.3 is 0 Å². The van der Waals surface area contributed by atoms with Crippen LogP contribution in [-0.4, -0.2) is 31.7 Å². The van der Waals surface area contributed by atoms with Crippen LogP contribution in [-0.2, 0) is 10.0 Å². The first-order valence-corrected chi connectivity index (χ1v) is 9.13. The maximum Gasteiger partial charge on any atom is 0.241 e. The van der Waals surface area contributed by atoms with Crippen LogP contribution in [0.4, 0.5) is 0 Å². The topological polar surface area (TPSA) is 104 Å². The molecule has 0 fully saturated rings. The molecule has 0 heterocycles. The summed E-state index contributed by atoms with van der Waals surface area (Å²) in [6.45, 7) is 0. The fourth-order valence-corrected chi connectivity index (χ4v) is 3.84. The molecule has 1 aliphatic carbocycles. The number of nitrogens with one attached hydrogen (secondary N) is 2. The number of hydrogen-bond acceptors (Lipinski definition) is 5. The van der Waals surface area contributed by atoms with Gasteiger partial charge >= 0.3 is 0 Å². The highest BCUT2D eigenvalue weighted by Crippen LogP contribution is 2.21. The van der Waals surface area contributed by atoms with E-state index in [-0.39, 0.29) is 16.0 Å². The number of halogens is 1. The molecule has 2 aromatic rings. The number of Topliss-reactive ketones (excluding diaryl/α,β-unsaturated/α-hetero) is 2. The molecule has 0 radical (unpaired) electrons. The van der Waals surface area contributed by atoms with Crippen LogP contribution in [0.3, 0.4) is 0 Å². The van der Waals surface area contributed by atoms with Gasteiger partial charge in [-0.1, -0.05) is 40.2 Å². The summed E-state index contributed by atoms with van der Waals surface area (Å²) in [4.78, 5) is 24.7. The zero-order valence-electron chi connectivity index (χ0n) is 12.1. The number of hydrogen-bond donors (Lipinski definition) is 2. The van der Waals surface area contributed by atoms with Crippen molar-refractivity contribution in [3.05, 3.63) is 64.1 Å². The highest BCUT2D eigenvalue weighted by molar-refractivity contribution is 9.10. The van der Waals surface area contributed by atoms with Crippen LogP contribution >= 0.6 is 15.9 Å². The number of carbonyl (C=O) groups excluding carboxylic acids is 2. The normalized spacial score (nSPS) is 17.7. The summed E-state index contributed by atoms with van der Waals surface area (Å²) < 4.78 is 27.7. The first-order chi connectivity index (χ1) is 11.3. The minimum absolute atomic E-state index is 0.0578. The molecular formula is C16H11BrN2O4S. The van der Waals surface area contributed by atoms with E-state index in [9.17, 15) is 18.0 Å². The zero-order chi connectivity index (χ0) is 17.5. The van der Waals surface area contributed by atoms with Crippen molar-refractivity contribution in [3.63, 3.8) is 0 Å². The third kappa shape index (κ3) is 2.83. The molecule has 122 valence electrons. The third-order valence-corrected chi connectivity index (χ3v) is 5.60. The Morgan fingerprint density at radius 1 is 0.958 bits per heavy atom. The Hall–Kier alpha value is -2.16. The molecule has 0 aromatic heterocycles. The summed E-state index contributed by atoms with van der Waals surface area (Å²) in [7, 11) is -4.05. The predicted molar refractivity (Wildman–Crippen MR) is 91.1 cm³/mol. The lowest BCUT2D eigenvalue weighted by Gasteiger charge is -2.23. The minimum Gasteiger partial charge on any atom is -0.299 e. The molecule has 1 atom stereocenters. The summed E-state index contributed by atoms with van der Waals surface area (Å²) in [6, 6.07) is 10.3. The Bertz CT molecular complexity index is 968. The Morgan fingerprint density at radius 3 is 2.17 bits per heavy atom. The van der Waals surface area contributed by atoms with Crippen molar-refractivity contribution < 1.29 is 18.0 Å². The van der Waals surface area contributed by atoms with Gasteiger partial charge in [0.05, 0.1) is 4.90 Å². The maximum absolute atomic E-state index is 12.5. The van der Waals surface area contributed by atoms with E-state index in [0.717, 1.165) is 0 Å². The first-order valence-electron chi connectivity index (χ1n) is 6.85. The van der Waals surface area contributed by atoms with Crippen molar-refractivity contribution in [1.29, 1.82) is 5.41 Å². The Balaban J connectivity index is 1.98. The second-order valence-electron chi connectivity index (χ2n) is 5.16. The number of carbonyl (C=O) groups is 2. The molecule has 0 amide bonds. The molecule has 6 nitrogen and oxygen atoms in total. The summed E-state index contributed by atoms with van der Waals surface area (Å²) in [5.41, 5.74) is -0.354. The lowest BCUT2D eigenvalue weighted by Crippen LogP contribution is -2.51. The molecule has 24 heavy (non-hydrogen) atoms. The highest BCUT2D eigenvalue weighted by Gasteiger charge is 2.39. The number of fused-ring (bicyclic) bond motifs is 1. The van der Waals surface area contributed by atoms with Crippen LogP contribution in [0, 0.1) is 5.41 Å². The lowest BCUT2D eigenvalue weighted by molar-refractivity contribution is 0.0943. The average Bonchev–Trinajstić information content (AvgIpc) is 2.57. The van der Waals surface area contributed by atoms with Crippen molar-refractivity contribution in [2.45, 2.75) is 10.9 Å². The fourth-order valence-electron chi connectivity index (χ4n) is 2.41. The monoisotopic (exact) mass is 406 g/mol. The molecule has 0 spiro atoms. The Morgan fingerprint density at radius 2 is 1.54 bits per heavy atom. The van der Waals surface area contributed by atoms with Crippen LogP contribution in [0.2, 0.25) is 0 Å². The summed E-state index contributed by atoms with van der Waals surface area (Å²) in [5.74, 6) is -1.27. The quantitative estimate of drug-likeness (QED) is 0.814. The van der Waals surface area contributed by atoms with E-state index in [1.807, 2.05) is 0 Å². The van der Waals surface area contributed by atoms with Gasteiger partial charge in [-0.05, 0) is 24.3 Å². The van der Waals surface area contributed by atoms with Crippen LogP contribution in [0.5, 0.6) is 0 Å². The van der Waals surface area contributed by atoms with E-state index >= 15 is 0 Å². The van der Waals surface area contributed by atoms with Crippen molar-refractivity contribution in [1.82, 2.24) is 4.72 Å². The first kappa shape index (κ1) is 16.7. The SMILES string of the molecule is N=C1C(=O)c2ccccc2C(=O)C1NS(=O)(=O)c1ccc(Br)cc1. The third-order valence-electron chi connectivity index (χ3n) is 3.63. The Labute approximate surface area is 146 Å². The molecular weight excluding hydrogens is 396 g/mol. The van der Waals surface area contributed by atoms with Crippen molar-refractivity contribution in [2.75, 3.05) is 0 Å². The molecule has 1 unspecified atom stereocenters. The highest BCUT2D eigenvalue weighted by atomic mass is 79.9. The van der Waals surface area contributed by atoms with Gasteiger partial charge in [0.15, 0.2) is 5.78 Å². The second kappa shape index (κ2) is 6.04. The van der Waals surface area contributed by atoms with Crippen LogP contribution in [0.25, 0.3) is 0 Å². The summed E-state index contributed by atoms with van der Waals surface area (Å²) in [5, 5.41) is 7.88. The maximum atomic E-state index is 12.5. The molecule has 3 rings (SSSR count). The lowest BCUT2D eigenvalue weighted by atomic mass is 9.85. The zero-order valence-corrected chi connectivity index (χ0v) is 14.5. The van der Waals surface area contributed by atoms with E-state index in [1.165, 1.54) is 24.3 Å². The standard InChI is InChI=1S/C16H11BrN2O4S/c17-9-5-7-10(8-6-9)24(22,23)19-14-13(18)15(20)11-3-1-2-4-12(11)16(14)21/h1-8,14,18-19H. The van der Waals surface area contributed by atoms with Crippen molar-refractivity contribution in [3.8, 4) is 0 Å². The van der Waals surface area contributed by atoms with Gasteiger partial charge in [0, 0.05) is 15.6 Å². The molecule has 0 saturated heterocycles. The van der Waals surface area contributed by atoms with Crippen LogP contribution < -0.4 is 4.72 Å². The molecule has 1 aliphatic rings. The van der Waals surface area contributed by atoms with E-state index in [1.54, 1.807) is 24.3 Å². The van der Waals surface area contributed by atoms with E-state index in [4.69, 9.17) is 5.41 Å². The smallest absolute Gasteiger partial charge is 0.241 e. The van der Waals surface area contributed by atoms with Gasteiger partial charge in [0.2, 0.25) is 15.8 Å². The average molecular weight is 407 g/mol. The van der Waals surface area contributed by atoms with Gasteiger partial charge in [0.1, 0.15) is 11.8 Å². The Kier molecular flexibility index (Phi) is 4.20. The van der Waals surface area contributed by atoms with Gasteiger partial charge in [-0.2, -0.15) is 4.72 Å². The van der Waals surface area contributed by atoms with Crippen molar-refractivity contribution in [2.24, 2.45) is 0 Å². The molecule has 2 N–H and O–H groups in total. The van der Waals surface area contributed by atoms with E-state index in [2.05, 4.69) is 20.7 Å².